The summed E-state index contributed by atoms with van der Waals surface area (Å²) < 4.78 is 7.30. The molecule has 1 aliphatic heterocycles. The third-order valence-corrected chi connectivity index (χ3v) is 4.66. The average molecular weight is 372 g/mol. The Hall–Kier alpha value is -2.87. The summed E-state index contributed by atoms with van der Waals surface area (Å²) in [4.78, 5) is 37.3. The fourth-order valence-corrected chi connectivity index (χ4v) is 3.27. The number of amides is 4. The van der Waals surface area contributed by atoms with Crippen LogP contribution in [-0.4, -0.2) is 53.1 Å². The number of nitrogens with one attached hydrogen (secondary N) is 2. The molecule has 1 aromatic heterocycles. The Bertz CT molecular complexity index is 916. The predicted octanol–water partition coefficient (Wildman–Crippen LogP) is 1.87. The van der Waals surface area contributed by atoms with E-state index in [-0.39, 0.29) is 6.54 Å². The average Bonchev–Trinajstić information content (AvgIpc) is 3.00. The highest BCUT2D eigenvalue weighted by Crippen LogP contribution is 2.23. The van der Waals surface area contributed by atoms with Gasteiger partial charge < -0.3 is 19.9 Å². The first-order chi connectivity index (χ1) is 12.7. The Kier molecular flexibility index (Phi) is 4.93. The summed E-state index contributed by atoms with van der Waals surface area (Å²) >= 11 is 0. The van der Waals surface area contributed by atoms with Gasteiger partial charge in [0.15, 0.2) is 0 Å². The van der Waals surface area contributed by atoms with Gasteiger partial charge >= 0.3 is 6.03 Å². The van der Waals surface area contributed by atoms with E-state index in [0.29, 0.717) is 12.3 Å². The SMILES string of the molecule is COCCn1c(C)cc2cc(NC(=O)CN3C(=O)NC(C)(C)C3=O)ccc21. The van der Waals surface area contributed by atoms with Gasteiger partial charge in [0.05, 0.1) is 6.61 Å². The molecular formula is C19H24N4O4. The molecule has 0 unspecified atom stereocenters. The molecule has 8 nitrogen and oxygen atoms in total. The summed E-state index contributed by atoms with van der Waals surface area (Å²) in [6, 6.07) is 7.10. The van der Waals surface area contributed by atoms with Gasteiger partial charge in [-0.1, -0.05) is 0 Å². The number of ether oxygens (including phenoxy) is 1. The highest BCUT2D eigenvalue weighted by Gasteiger charge is 2.44. The van der Waals surface area contributed by atoms with Crippen molar-refractivity contribution in [1.29, 1.82) is 0 Å². The maximum absolute atomic E-state index is 12.3. The molecule has 1 aliphatic rings. The molecule has 1 fully saturated rings. The number of carbonyl (C=O) groups excluding carboxylic acids is 3. The number of anilines is 1. The number of fused-ring (bicyclic) bond motifs is 1. The molecular weight excluding hydrogens is 348 g/mol. The van der Waals surface area contributed by atoms with Crippen molar-refractivity contribution < 1.29 is 19.1 Å². The summed E-state index contributed by atoms with van der Waals surface area (Å²) in [7, 11) is 1.67. The van der Waals surface area contributed by atoms with Gasteiger partial charge in [0.25, 0.3) is 5.91 Å². The van der Waals surface area contributed by atoms with Gasteiger partial charge in [-0.15, -0.1) is 0 Å². The van der Waals surface area contributed by atoms with Crippen LogP contribution in [0.5, 0.6) is 0 Å². The van der Waals surface area contributed by atoms with Crippen molar-refractivity contribution in [3.63, 3.8) is 0 Å². The summed E-state index contributed by atoms with van der Waals surface area (Å²) in [5, 5.41) is 6.31. The predicted molar refractivity (Wildman–Crippen MR) is 102 cm³/mol. The molecule has 0 radical (unpaired) electrons. The first-order valence-electron chi connectivity index (χ1n) is 8.76. The highest BCUT2D eigenvalue weighted by atomic mass is 16.5. The van der Waals surface area contributed by atoms with Crippen LogP contribution in [0.4, 0.5) is 10.5 Å². The van der Waals surface area contributed by atoms with Gasteiger partial charge in [-0.2, -0.15) is 0 Å². The van der Waals surface area contributed by atoms with Gasteiger partial charge in [-0.05, 0) is 45.0 Å². The summed E-state index contributed by atoms with van der Waals surface area (Å²) in [5.41, 5.74) is 1.78. The van der Waals surface area contributed by atoms with Crippen LogP contribution in [0.15, 0.2) is 24.3 Å². The molecule has 0 atom stereocenters. The summed E-state index contributed by atoms with van der Waals surface area (Å²) in [5.74, 6) is -0.838. The Morgan fingerprint density at radius 2 is 2.00 bits per heavy atom. The van der Waals surface area contributed by atoms with E-state index in [1.54, 1.807) is 27.0 Å². The molecule has 2 N–H and O–H groups in total. The second kappa shape index (κ2) is 7.03. The van der Waals surface area contributed by atoms with Gasteiger partial charge in [0.1, 0.15) is 12.1 Å². The third kappa shape index (κ3) is 3.66. The second-order valence-corrected chi connectivity index (χ2v) is 7.20. The third-order valence-electron chi connectivity index (χ3n) is 4.66. The Morgan fingerprint density at radius 1 is 1.26 bits per heavy atom. The molecule has 1 saturated heterocycles. The Labute approximate surface area is 157 Å². The normalized spacial score (nSPS) is 16.1. The number of benzene rings is 1. The molecule has 27 heavy (non-hydrogen) atoms. The molecule has 3 rings (SSSR count). The number of aromatic nitrogens is 1. The number of methoxy groups -OCH3 is 1. The van der Waals surface area contributed by atoms with Crippen LogP contribution in [-0.2, 0) is 20.9 Å². The van der Waals surface area contributed by atoms with Crippen LogP contribution < -0.4 is 10.6 Å². The van der Waals surface area contributed by atoms with Gasteiger partial charge in [0, 0.05) is 35.9 Å². The number of aryl methyl sites for hydroxylation is 1. The first kappa shape index (κ1) is 18.9. The molecule has 144 valence electrons. The van der Waals surface area contributed by atoms with Crippen molar-refractivity contribution in [2.45, 2.75) is 32.9 Å². The molecule has 4 amide bonds. The lowest BCUT2D eigenvalue weighted by molar-refractivity contribution is -0.132. The molecule has 8 heteroatoms. The number of nitrogens with zero attached hydrogens (tertiary/aromatic N) is 2. The van der Waals surface area contributed by atoms with Crippen molar-refractivity contribution >= 4 is 34.4 Å². The van der Waals surface area contributed by atoms with Crippen molar-refractivity contribution in [3.05, 3.63) is 30.0 Å². The van der Waals surface area contributed by atoms with E-state index >= 15 is 0 Å². The monoisotopic (exact) mass is 372 g/mol. The number of carbonyl (C=O) groups is 3. The fraction of sp³-hybridized carbons (Fsp3) is 0.421. The van der Waals surface area contributed by atoms with Crippen molar-refractivity contribution in [2.24, 2.45) is 0 Å². The van der Waals surface area contributed by atoms with Gasteiger partial charge in [-0.25, -0.2) is 4.79 Å². The van der Waals surface area contributed by atoms with Crippen molar-refractivity contribution in [3.8, 4) is 0 Å². The van der Waals surface area contributed by atoms with E-state index in [9.17, 15) is 14.4 Å². The Morgan fingerprint density at radius 3 is 2.63 bits per heavy atom. The maximum Gasteiger partial charge on any atom is 0.325 e. The zero-order valence-corrected chi connectivity index (χ0v) is 16.0. The largest absolute Gasteiger partial charge is 0.383 e. The fourth-order valence-electron chi connectivity index (χ4n) is 3.27. The molecule has 0 saturated carbocycles. The topological polar surface area (TPSA) is 92.7 Å². The van der Waals surface area contributed by atoms with Crippen LogP contribution in [0.3, 0.4) is 0 Å². The lowest BCUT2D eigenvalue weighted by Crippen LogP contribution is -2.41. The minimum Gasteiger partial charge on any atom is -0.383 e. The molecule has 0 bridgehead atoms. The van der Waals surface area contributed by atoms with Crippen LogP contribution in [0.2, 0.25) is 0 Å². The second-order valence-electron chi connectivity index (χ2n) is 7.20. The minimum absolute atomic E-state index is 0.319. The quantitative estimate of drug-likeness (QED) is 0.757. The molecule has 2 aromatic rings. The number of hydrogen-bond acceptors (Lipinski definition) is 4. The van der Waals surface area contributed by atoms with E-state index in [1.807, 2.05) is 25.1 Å². The molecule has 2 heterocycles. The van der Waals surface area contributed by atoms with Crippen molar-refractivity contribution in [2.75, 3.05) is 25.6 Å². The zero-order valence-electron chi connectivity index (χ0n) is 16.0. The summed E-state index contributed by atoms with van der Waals surface area (Å²) in [6.45, 7) is 6.28. The van der Waals surface area contributed by atoms with Crippen LogP contribution in [0.25, 0.3) is 10.9 Å². The van der Waals surface area contributed by atoms with Crippen LogP contribution in [0, 0.1) is 6.92 Å². The number of imide groups is 1. The first-order valence-corrected chi connectivity index (χ1v) is 8.76. The van der Waals surface area contributed by atoms with E-state index in [0.717, 1.165) is 28.0 Å². The number of rotatable bonds is 6. The highest BCUT2D eigenvalue weighted by molar-refractivity contribution is 6.09. The van der Waals surface area contributed by atoms with Crippen LogP contribution >= 0.6 is 0 Å². The van der Waals surface area contributed by atoms with Crippen LogP contribution in [0.1, 0.15) is 19.5 Å². The minimum atomic E-state index is -0.987. The molecule has 1 aromatic carbocycles. The van der Waals surface area contributed by atoms with Gasteiger partial charge in [-0.3, -0.25) is 14.5 Å². The van der Waals surface area contributed by atoms with Crippen molar-refractivity contribution in [1.82, 2.24) is 14.8 Å². The zero-order chi connectivity index (χ0) is 19.8. The van der Waals surface area contributed by atoms with E-state index in [1.165, 1.54) is 0 Å². The standard InChI is InChI=1S/C19H24N4O4/c1-12-9-13-10-14(5-6-15(13)22(12)7-8-27-4)20-16(24)11-23-17(25)19(2,3)21-18(23)26/h5-6,9-10H,7-8,11H2,1-4H3,(H,20,24)(H,21,26). The smallest absolute Gasteiger partial charge is 0.325 e. The number of urea groups is 1. The molecule has 0 spiro atoms. The van der Waals surface area contributed by atoms with E-state index in [4.69, 9.17) is 4.74 Å². The molecule has 0 aliphatic carbocycles. The number of hydrogen-bond donors (Lipinski definition) is 2. The lowest BCUT2D eigenvalue weighted by atomic mass is 10.1. The Balaban J connectivity index is 1.72. The summed E-state index contributed by atoms with van der Waals surface area (Å²) in [6.07, 6.45) is 0. The van der Waals surface area contributed by atoms with E-state index < -0.39 is 23.4 Å². The van der Waals surface area contributed by atoms with Gasteiger partial charge in [0.2, 0.25) is 5.91 Å². The lowest BCUT2D eigenvalue weighted by Gasteiger charge is -2.15. The van der Waals surface area contributed by atoms with E-state index in [2.05, 4.69) is 15.2 Å². The maximum atomic E-state index is 12.3.